The van der Waals surface area contributed by atoms with Crippen LogP contribution in [-0.2, 0) is 0 Å². The van der Waals surface area contributed by atoms with Gasteiger partial charge in [-0.05, 0) is 37.1 Å². The Labute approximate surface area is 206 Å². The number of methoxy groups -OCH3 is 3. The Balaban J connectivity index is 1.70. The molecular formula is C23H25N7O4S. The van der Waals surface area contributed by atoms with E-state index in [4.69, 9.17) is 14.2 Å². The molecule has 182 valence electrons. The Morgan fingerprint density at radius 2 is 1.66 bits per heavy atom. The number of aliphatic hydroxyl groups excluding tert-OH is 1. The van der Waals surface area contributed by atoms with Gasteiger partial charge in [0.05, 0.1) is 27.4 Å². The molecule has 0 aliphatic carbocycles. The summed E-state index contributed by atoms with van der Waals surface area (Å²) in [6.07, 6.45) is 2.45. The van der Waals surface area contributed by atoms with Gasteiger partial charge in [-0.15, -0.1) is 10.2 Å². The molecule has 0 amide bonds. The third-order valence-corrected chi connectivity index (χ3v) is 5.85. The molecule has 3 aromatic heterocycles. The molecule has 0 saturated carbocycles. The fourth-order valence-corrected chi connectivity index (χ4v) is 3.98. The number of ether oxygens (including phenoxy) is 3. The Bertz CT molecular complexity index is 1260. The lowest BCUT2D eigenvalue weighted by atomic mass is 10.2. The molecule has 0 fully saturated rings. The van der Waals surface area contributed by atoms with Crippen molar-refractivity contribution in [2.75, 3.05) is 31.8 Å². The molecule has 1 unspecified atom stereocenters. The lowest BCUT2D eigenvalue weighted by Gasteiger charge is -2.17. The van der Waals surface area contributed by atoms with Gasteiger partial charge in [0.15, 0.2) is 5.82 Å². The van der Waals surface area contributed by atoms with Gasteiger partial charge in [-0.3, -0.25) is 9.29 Å². The van der Waals surface area contributed by atoms with Gasteiger partial charge in [-0.25, -0.2) is 15.0 Å². The van der Waals surface area contributed by atoms with Crippen molar-refractivity contribution in [1.29, 1.82) is 0 Å². The molecular weight excluding hydrogens is 470 g/mol. The summed E-state index contributed by atoms with van der Waals surface area (Å²) in [6.45, 7) is 1.79. The van der Waals surface area contributed by atoms with Crippen LogP contribution in [0, 0.1) is 6.92 Å². The average molecular weight is 496 g/mol. The summed E-state index contributed by atoms with van der Waals surface area (Å²) < 4.78 is 21.5. The van der Waals surface area contributed by atoms with E-state index < -0.39 is 6.10 Å². The SMILES string of the molecule is COc1cccc(-c2nnc(NSCC(O)c3cnc(C)nc3)n2-c2c(OC)cccc2OC)n1. The van der Waals surface area contributed by atoms with Gasteiger partial charge in [0, 0.05) is 29.8 Å². The monoisotopic (exact) mass is 495 g/mol. The number of aryl methyl sites for hydroxylation is 1. The van der Waals surface area contributed by atoms with Crippen LogP contribution in [0.2, 0.25) is 0 Å². The molecule has 12 heteroatoms. The zero-order valence-corrected chi connectivity index (χ0v) is 20.5. The molecule has 11 nitrogen and oxygen atoms in total. The number of nitrogens with zero attached hydrogens (tertiary/aromatic N) is 6. The van der Waals surface area contributed by atoms with E-state index in [9.17, 15) is 5.11 Å². The van der Waals surface area contributed by atoms with Crippen molar-refractivity contribution in [1.82, 2.24) is 29.7 Å². The second kappa shape index (κ2) is 11.0. The average Bonchev–Trinajstić information content (AvgIpc) is 3.31. The molecule has 2 N–H and O–H groups in total. The minimum Gasteiger partial charge on any atom is -0.494 e. The van der Waals surface area contributed by atoms with Gasteiger partial charge in [0.2, 0.25) is 11.8 Å². The predicted octanol–water partition coefficient (Wildman–Crippen LogP) is 3.25. The Morgan fingerprint density at radius 3 is 2.31 bits per heavy atom. The minimum atomic E-state index is -0.773. The van der Waals surface area contributed by atoms with Crippen LogP contribution in [0.25, 0.3) is 17.2 Å². The molecule has 0 saturated heterocycles. The molecule has 4 rings (SSSR count). The maximum atomic E-state index is 10.5. The highest BCUT2D eigenvalue weighted by molar-refractivity contribution is 8.00. The summed E-state index contributed by atoms with van der Waals surface area (Å²) >= 11 is 1.26. The van der Waals surface area contributed by atoms with E-state index in [2.05, 4.69) is 29.9 Å². The van der Waals surface area contributed by atoms with E-state index in [-0.39, 0.29) is 0 Å². The summed E-state index contributed by atoms with van der Waals surface area (Å²) in [5.74, 6) is 3.35. The molecule has 1 atom stereocenters. The summed E-state index contributed by atoms with van der Waals surface area (Å²) in [6, 6.07) is 10.8. The van der Waals surface area contributed by atoms with E-state index in [1.807, 2.05) is 30.3 Å². The molecule has 0 radical (unpaired) electrons. The Morgan fingerprint density at radius 1 is 0.971 bits per heavy atom. The zero-order valence-electron chi connectivity index (χ0n) is 19.7. The van der Waals surface area contributed by atoms with Crippen LogP contribution in [0.15, 0.2) is 48.8 Å². The van der Waals surface area contributed by atoms with Crippen molar-refractivity contribution >= 4 is 17.9 Å². The van der Waals surface area contributed by atoms with E-state index >= 15 is 0 Å². The summed E-state index contributed by atoms with van der Waals surface area (Å²) in [4.78, 5) is 12.8. The second-order valence-electron chi connectivity index (χ2n) is 7.25. The molecule has 1 aromatic carbocycles. The lowest BCUT2D eigenvalue weighted by molar-refractivity contribution is 0.203. The molecule has 0 aliphatic rings. The molecule has 3 heterocycles. The van der Waals surface area contributed by atoms with Crippen LogP contribution in [0.1, 0.15) is 17.5 Å². The predicted molar refractivity (Wildman–Crippen MR) is 132 cm³/mol. The van der Waals surface area contributed by atoms with E-state index in [1.165, 1.54) is 11.9 Å². The molecule has 4 aromatic rings. The number of hydrogen-bond donors (Lipinski definition) is 2. The van der Waals surface area contributed by atoms with Gasteiger partial charge >= 0.3 is 0 Å². The Kier molecular flexibility index (Phi) is 7.63. The standard InChI is InChI=1S/C23H25N7O4S/c1-14-24-11-15(12-25-14)17(31)13-35-29-23-28-27-22(16-7-5-10-20(26-16)34-4)30(23)21-18(32-2)8-6-9-19(21)33-3/h5-12,17,31H,13H2,1-4H3,(H,28,29). The van der Waals surface area contributed by atoms with E-state index in [0.717, 1.165) is 0 Å². The van der Waals surface area contributed by atoms with E-state index in [0.29, 0.717) is 57.7 Å². The molecule has 0 spiro atoms. The van der Waals surface area contributed by atoms with Crippen LogP contribution in [0.3, 0.4) is 0 Å². The number of aromatic nitrogens is 6. The lowest BCUT2D eigenvalue weighted by Crippen LogP contribution is -2.09. The molecule has 0 bridgehead atoms. The molecule has 35 heavy (non-hydrogen) atoms. The minimum absolute atomic E-state index is 0.315. The van der Waals surface area contributed by atoms with Gasteiger partial charge in [0.1, 0.15) is 28.7 Å². The zero-order chi connectivity index (χ0) is 24.8. The number of aliphatic hydroxyl groups is 1. The summed E-state index contributed by atoms with van der Waals surface area (Å²) in [5.41, 5.74) is 1.76. The van der Waals surface area contributed by atoms with Crippen molar-refractivity contribution in [3.05, 3.63) is 60.2 Å². The van der Waals surface area contributed by atoms with E-state index in [1.54, 1.807) is 51.3 Å². The van der Waals surface area contributed by atoms with Gasteiger partial charge in [-0.1, -0.05) is 12.1 Å². The summed E-state index contributed by atoms with van der Waals surface area (Å²) in [7, 11) is 4.70. The van der Waals surface area contributed by atoms with Gasteiger partial charge in [0.25, 0.3) is 0 Å². The first kappa shape index (κ1) is 24.2. The maximum Gasteiger partial charge on any atom is 0.239 e. The largest absolute Gasteiger partial charge is 0.494 e. The number of nitrogens with one attached hydrogen (secondary N) is 1. The second-order valence-corrected chi connectivity index (χ2v) is 8.08. The molecule has 0 aliphatic heterocycles. The quantitative estimate of drug-likeness (QED) is 0.315. The fraction of sp³-hybridized carbons (Fsp3) is 0.261. The van der Waals surface area contributed by atoms with Crippen molar-refractivity contribution in [2.45, 2.75) is 13.0 Å². The number of anilines is 1. The maximum absolute atomic E-state index is 10.5. The van der Waals surface area contributed by atoms with Crippen LogP contribution in [-0.4, -0.2) is 61.9 Å². The third kappa shape index (κ3) is 5.28. The first-order valence-electron chi connectivity index (χ1n) is 10.6. The van der Waals surface area contributed by atoms with Gasteiger partial charge in [-0.2, -0.15) is 0 Å². The fourth-order valence-electron chi connectivity index (χ4n) is 3.29. The van der Waals surface area contributed by atoms with Crippen LogP contribution < -0.4 is 18.9 Å². The number of hydrogen-bond acceptors (Lipinski definition) is 11. The van der Waals surface area contributed by atoms with Crippen LogP contribution >= 0.6 is 11.9 Å². The number of pyridine rings is 1. The third-order valence-electron chi connectivity index (χ3n) is 5.04. The highest BCUT2D eigenvalue weighted by Gasteiger charge is 2.23. The van der Waals surface area contributed by atoms with Crippen LogP contribution in [0.4, 0.5) is 5.95 Å². The van der Waals surface area contributed by atoms with Crippen molar-refractivity contribution < 1.29 is 19.3 Å². The highest BCUT2D eigenvalue weighted by Crippen LogP contribution is 2.38. The van der Waals surface area contributed by atoms with Gasteiger partial charge < -0.3 is 19.3 Å². The number of benzene rings is 1. The topological polar surface area (TPSA) is 129 Å². The normalized spacial score (nSPS) is 11.7. The Hall–Kier alpha value is -3.90. The summed E-state index contributed by atoms with van der Waals surface area (Å²) in [5, 5.41) is 19.3. The van der Waals surface area contributed by atoms with Crippen LogP contribution in [0.5, 0.6) is 17.4 Å². The first-order valence-corrected chi connectivity index (χ1v) is 11.6. The van der Waals surface area contributed by atoms with Crippen molar-refractivity contribution in [3.8, 4) is 34.6 Å². The highest BCUT2D eigenvalue weighted by atomic mass is 32.2. The number of rotatable bonds is 10. The smallest absolute Gasteiger partial charge is 0.239 e. The van der Waals surface area contributed by atoms with Crippen molar-refractivity contribution in [2.24, 2.45) is 0 Å². The first-order chi connectivity index (χ1) is 17.0. The van der Waals surface area contributed by atoms with Crippen molar-refractivity contribution in [3.63, 3.8) is 0 Å². The number of para-hydroxylation sites is 1.